The van der Waals surface area contributed by atoms with Gasteiger partial charge in [0.2, 0.25) is 0 Å². The average Bonchev–Trinajstić information content (AvgIpc) is 3.58. The van der Waals surface area contributed by atoms with E-state index in [1.807, 2.05) is 12.1 Å². The van der Waals surface area contributed by atoms with Crippen LogP contribution in [0.3, 0.4) is 0 Å². The molecule has 0 spiro atoms. The molecular weight excluding hydrogens is 632 g/mol. The fraction of sp³-hybridized carbons (Fsp3) is 0.526. The molecule has 0 radical (unpaired) electrons. The third-order valence-corrected chi connectivity index (χ3v) is 11.1. The number of carbonyl (C=O) groups excluding carboxylic acids is 3. The van der Waals surface area contributed by atoms with Gasteiger partial charge in [-0.3, -0.25) is 9.48 Å². The van der Waals surface area contributed by atoms with Crippen molar-refractivity contribution in [3.05, 3.63) is 53.5 Å². The number of nitrogen functional groups attached to an aromatic ring is 1. The molecule has 12 nitrogen and oxygen atoms in total. The van der Waals surface area contributed by atoms with Crippen molar-refractivity contribution in [2.24, 2.45) is 5.92 Å². The van der Waals surface area contributed by atoms with Crippen molar-refractivity contribution in [1.29, 1.82) is 0 Å². The molecule has 0 unspecified atom stereocenters. The predicted octanol–water partition coefficient (Wildman–Crippen LogP) is 4.08. The number of allylic oxidation sites excluding steroid dienone is 1. The summed E-state index contributed by atoms with van der Waals surface area (Å²) in [6, 6.07) is 9.82. The van der Waals surface area contributed by atoms with Crippen molar-refractivity contribution < 1.29 is 19.1 Å². The molecule has 1 amide bonds. The number of aromatic nitrogens is 2. The molecule has 0 bridgehead atoms. The van der Waals surface area contributed by atoms with Crippen LogP contribution < -0.4 is 30.9 Å². The van der Waals surface area contributed by atoms with E-state index in [4.69, 9.17) is 15.6 Å². The van der Waals surface area contributed by atoms with Gasteiger partial charge < -0.3 is 35.8 Å². The first-order valence-electron chi connectivity index (χ1n) is 18.2. The second-order valence-electron chi connectivity index (χ2n) is 14.3. The van der Waals surface area contributed by atoms with Crippen LogP contribution in [0.25, 0.3) is 10.9 Å². The first kappa shape index (κ1) is 33.7. The van der Waals surface area contributed by atoms with E-state index in [2.05, 4.69) is 48.3 Å². The van der Waals surface area contributed by atoms with Gasteiger partial charge in [-0.05, 0) is 81.5 Å². The summed E-state index contributed by atoms with van der Waals surface area (Å²) in [6.45, 7) is 7.33. The van der Waals surface area contributed by atoms with Crippen LogP contribution in [0, 0.1) is 5.92 Å². The average molecular weight is 681 g/mol. The molecule has 3 aromatic rings. The lowest BCUT2D eigenvalue weighted by Crippen LogP contribution is -2.43. The Kier molecular flexibility index (Phi) is 10.1. The maximum Gasteiger partial charge on any atom is 0.255 e. The first-order chi connectivity index (χ1) is 24.4. The smallest absolute Gasteiger partial charge is 0.255 e. The summed E-state index contributed by atoms with van der Waals surface area (Å²) in [5, 5.41) is 11.7. The minimum atomic E-state index is -0.561. The maximum atomic E-state index is 13.2. The van der Waals surface area contributed by atoms with Crippen molar-refractivity contribution in [3.63, 3.8) is 0 Å². The number of anilines is 3. The zero-order chi connectivity index (χ0) is 34.6. The van der Waals surface area contributed by atoms with Gasteiger partial charge in [0.15, 0.2) is 0 Å². The third-order valence-electron chi connectivity index (χ3n) is 11.1. The molecule has 1 aromatic heterocycles. The topological polar surface area (TPSA) is 138 Å². The monoisotopic (exact) mass is 680 g/mol. The minimum absolute atomic E-state index is 0.130. The van der Waals surface area contributed by atoms with Crippen LogP contribution in [0.1, 0.15) is 74.2 Å². The molecule has 12 heteroatoms. The molecule has 4 N–H and O–H groups in total. The summed E-state index contributed by atoms with van der Waals surface area (Å²) in [6.07, 6.45) is 11.2. The number of nitrogens with zero attached hydrogens (tertiary/aromatic N) is 5. The van der Waals surface area contributed by atoms with E-state index in [1.54, 1.807) is 25.1 Å². The van der Waals surface area contributed by atoms with Crippen molar-refractivity contribution in [1.82, 2.24) is 25.3 Å². The number of likely N-dealkylation sites (tertiary alicyclic amines) is 1. The Balaban J connectivity index is 0.894. The van der Waals surface area contributed by atoms with Gasteiger partial charge in [0.05, 0.1) is 41.6 Å². The van der Waals surface area contributed by atoms with E-state index in [1.165, 1.54) is 19.3 Å². The van der Waals surface area contributed by atoms with Crippen molar-refractivity contribution in [2.75, 3.05) is 68.5 Å². The molecule has 0 aliphatic carbocycles. The van der Waals surface area contributed by atoms with E-state index in [0.717, 1.165) is 99.5 Å². The molecule has 0 saturated carbocycles. The van der Waals surface area contributed by atoms with Crippen LogP contribution in [0.4, 0.5) is 17.1 Å². The standard InChI is InChI=1S/C38H48N8O4/c1-50-37-20-30(6-7-31(37)38(49)41-33-8-5-28(24-47)40-35(33)25-48)44-17-9-26(10-18-44)22-43-15-11-29(12-16-43)46-23-27-19-32(39)36(21-34(27)42-46)45-13-3-2-4-14-45/h6-7,19-21,23,26,29,33,40H,2-5,8-18,22,39H2,1H3,(H,41,49)/t33-/m0/s1. The fourth-order valence-corrected chi connectivity index (χ4v) is 8.16. The van der Waals surface area contributed by atoms with Crippen LogP contribution >= 0.6 is 0 Å². The summed E-state index contributed by atoms with van der Waals surface area (Å²) >= 11 is 0. The van der Waals surface area contributed by atoms with Gasteiger partial charge in [-0.25, -0.2) is 9.59 Å². The lowest BCUT2D eigenvalue weighted by atomic mass is 9.94. The minimum Gasteiger partial charge on any atom is -0.496 e. The Bertz CT molecular complexity index is 1800. The van der Waals surface area contributed by atoms with Crippen LogP contribution in [0.15, 0.2) is 47.9 Å². The number of nitrogens with two attached hydrogens (primary N) is 1. The van der Waals surface area contributed by atoms with Crippen LogP contribution in [-0.4, -0.2) is 91.4 Å². The van der Waals surface area contributed by atoms with Gasteiger partial charge >= 0.3 is 0 Å². The second kappa shape index (κ2) is 15.0. The molecule has 7 rings (SSSR count). The van der Waals surface area contributed by atoms with Gasteiger partial charge in [-0.15, -0.1) is 0 Å². The van der Waals surface area contributed by atoms with Crippen LogP contribution in [0.5, 0.6) is 5.75 Å². The van der Waals surface area contributed by atoms with E-state index < -0.39 is 6.04 Å². The van der Waals surface area contributed by atoms with Gasteiger partial charge in [0, 0.05) is 75.6 Å². The highest BCUT2D eigenvalue weighted by Crippen LogP contribution is 2.34. The molecule has 4 saturated heterocycles. The van der Waals surface area contributed by atoms with Crippen LogP contribution in [-0.2, 0) is 9.59 Å². The Labute approximate surface area is 293 Å². The largest absolute Gasteiger partial charge is 0.496 e. The molecule has 50 heavy (non-hydrogen) atoms. The van der Waals surface area contributed by atoms with Crippen molar-refractivity contribution in [3.8, 4) is 5.75 Å². The molecule has 4 fully saturated rings. The lowest BCUT2D eigenvalue weighted by molar-refractivity contribution is 0.0936. The van der Waals surface area contributed by atoms with Crippen molar-refractivity contribution >= 4 is 45.8 Å². The first-order valence-corrected chi connectivity index (χ1v) is 18.2. The number of piperidine rings is 4. The summed E-state index contributed by atoms with van der Waals surface area (Å²) in [7, 11) is 1.56. The number of nitrogens with one attached hydrogen (secondary N) is 2. The molecule has 1 atom stereocenters. The SMILES string of the molecule is COc1cc(N2CCC(CN3CCC(n4cc5cc(N)c(N6CCCCC6)cc5n4)CC3)CC2)ccc1C(=O)N[C@H]1CCC(=C=O)NC1=C=O. The Morgan fingerprint density at radius 2 is 1.74 bits per heavy atom. The molecule has 2 aromatic carbocycles. The van der Waals surface area contributed by atoms with Crippen LogP contribution in [0.2, 0.25) is 0 Å². The van der Waals surface area contributed by atoms with Crippen molar-refractivity contribution in [2.45, 2.75) is 69.9 Å². The van der Waals surface area contributed by atoms with Gasteiger partial charge in [-0.2, -0.15) is 5.10 Å². The van der Waals surface area contributed by atoms with E-state index >= 15 is 0 Å². The number of ether oxygens (including phenoxy) is 1. The quantitative estimate of drug-likeness (QED) is 0.236. The number of methoxy groups -OCH3 is 1. The molecular formula is C38H48N8O4. The van der Waals surface area contributed by atoms with Gasteiger partial charge in [0.1, 0.15) is 29.0 Å². The highest BCUT2D eigenvalue weighted by atomic mass is 16.5. The molecule has 4 aliphatic rings. The highest BCUT2D eigenvalue weighted by molar-refractivity contribution is 5.98. The normalized spacial score (nSPS) is 21.1. The number of hydrogen-bond donors (Lipinski definition) is 3. The third kappa shape index (κ3) is 7.24. The number of fused-ring (bicyclic) bond motifs is 1. The summed E-state index contributed by atoms with van der Waals surface area (Å²) in [4.78, 5) is 43.0. The number of hydrogen-bond acceptors (Lipinski definition) is 10. The second-order valence-corrected chi connectivity index (χ2v) is 14.3. The van der Waals surface area contributed by atoms with E-state index in [0.29, 0.717) is 36.1 Å². The Hall–Kier alpha value is -4.76. The zero-order valence-electron chi connectivity index (χ0n) is 29.0. The Morgan fingerprint density at radius 1 is 0.960 bits per heavy atom. The number of amides is 1. The summed E-state index contributed by atoms with van der Waals surface area (Å²) < 4.78 is 7.82. The molecule has 264 valence electrons. The van der Waals surface area contributed by atoms with E-state index in [9.17, 15) is 14.4 Å². The summed E-state index contributed by atoms with van der Waals surface area (Å²) in [5.41, 5.74) is 11.4. The Morgan fingerprint density at radius 3 is 2.46 bits per heavy atom. The van der Waals surface area contributed by atoms with Gasteiger partial charge in [-0.1, -0.05) is 0 Å². The molecule has 5 heterocycles. The summed E-state index contributed by atoms with van der Waals surface area (Å²) in [5.74, 6) is 4.37. The zero-order valence-corrected chi connectivity index (χ0v) is 29.0. The van der Waals surface area contributed by atoms with E-state index in [-0.39, 0.29) is 17.3 Å². The molecule has 4 aliphatic heterocycles. The number of benzene rings is 2. The number of carbonyl (C=O) groups is 1. The lowest BCUT2D eigenvalue weighted by Gasteiger charge is -2.38. The fourth-order valence-electron chi connectivity index (χ4n) is 8.16. The van der Waals surface area contributed by atoms with Gasteiger partial charge in [0.25, 0.3) is 5.91 Å². The number of rotatable bonds is 8. The highest BCUT2D eigenvalue weighted by Gasteiger charge is 2.29. The predicted molar refractivity (Wildman–Crippen MR) is 195 cm³/mol. The maximum absolute atomic E-state index is 13.2.